The molecule has 0 aromatic heterocycles. The highest BCUT2D eigenvalue weighted by atomic mass is 14.0. The second kappa shape index (κ2) is 7.74. The van der Waals surface area contributed by atoms with Gasteiger partial charge >= 0.3 is 0 Å². The van der Waals surface area contributed by atoms with Crippen LogP contribution in [-0.4, -0.2) is 0 Å². The van der Waals surface area contributed by atoms with Crippen molar-refractivity contribution in [2.45, 2.75) is 40.0 Å². The average molecular weight is 226 g/mol. The second-order valence-electron chi connectivity index (χ2n) is 4.64. The lowest BCUT2D eigenvalue weighted by Crippen LogP contribution is -1.95. The molecule has 0 heteroatoms. The number of rotatable bonds is 4. The summed E-state index contributed by atoms with van der Waals surface area (Å²) in [5.41, 5.74) is 2.50. The van der Waals surface area contributed by atoms with Gasteiger partial charge in [-0.15, -0.1) is 0 Å². The van der Waals surface area contributed by atoms with Crippen LogP contribution in [0.15, 0.2) is 42.0 Å². The van der Waals surface area contributed by atoms with Crippen molar-refractivity contribution in [2.24, 2.45) is 5.92 Å². The van der Waals surface area contributed by atoms with E-state index in [1.165, 1.54) is 18.4 Å². The molecule has 1 rings (SSSR count). The average Bonchev–Trinajstić information content (AvgIpc) is 2.34. The molecule has 1 aromatic carbocycles. The largest absolute Gasteiger partial charge is 0.0942 e. The molecule has 0 N–H and O–H groups in total. The minimum absolute atomic E-state index is 0.495. The summed E-state index contributed by atoms with van der Waals surface area (Å²) in [5.74, 6) is 7.17. The van der Waals surface area contributed by atoms with Crippen LogP contribution in [-0.2, 0) is 0 Å². The van der Waals surface area contributed by atoms with Crippen LogP contribution in [0.4, 0.5) is 0 Å². The molecule has 90 valence electrons. The van der Waals surface area contributed by atoms with Crippen molar-refractivity contribution in [1.82, 2.24) is 0 Å². The number of hydrogen-bond acceptors (Lipinski definition) is 0. The third-order valence-corrected chi connectivity index (χ3v) is 2.64. The van der Waals surface area contributed by atoms with Crippen LogP contribution in [0.1, 0.15) is 45.6 Å². The number of benzene rings is 1. The molecule has 0 heterocycles. The van der Waals surface area contributed by atoms with E-state index in [1.807, 2.05) is 18.2 Å². The van der Waals surface area contributed by atoms with Gasteiger partial charge in [-0.25, -0.2) is 0 Å². The molecule has 0 aliphatic heterocycles. The van der Waals surface area contributed by atoms with Crippen LogP contribution in [0.5, 0.6) is 0 Å². The summed E-state index contributed by atoms with van der Waals surface area (Å²) in [6.07, 6.45) is 5.75. The van der Waals surface area contributed by atoms with Crippen LogP contribution >= 0.6 is 0 Å². The van der Waals surface area contributed by atoms with E-state index in [2.05, 4.69) is 50.8 Å². The highest BCUT2D eigenvalue weighted by Gasteiger charge is 2.01. The van der Waals surface area contributed by atoms with E-state index in [9.17, 15) is 0 Å². The third kappa shape index (κ3) is 5.97. The van der Waals surface area contributed by atoms with Crippen molar-refractivity contribution < 1.29 is 0 Å². The van der Waals surface area contributed by atoms with Crippen molar-refractivity contribution in [3.8, 4) is 11.8 Å². The highest BCUT2D eigenvalue weighted by molar-refractivity contribution is 5.34. The molecule has 17 heavy (non-hydrogen) atoms. The molecular weight excluding hydrogens is 204 g/mol. The van der Waals surface area contributed by atoms with E-state index >= 15 is 0 Å². The van der Waals surface area contributed by atoms with Gasteiger partial charge < -0.3 is 0 Å². The summed E-state index contributed by atoms with van der Waals surface area (Å²) in [5, 5.41) is 0. The minimum Gasteiger partial charge on any atom is -0.0942 e. The van der Waals surface area contributed by atoms with Gasteiger partial charge in [0.05, 0.1) is 0 Å². The van der Waals surface area contributed by atoms with Crippen molar-refractivity contribution >= 4 is 0 Å². The first-order valence-corrected chi connectivity index (χ1v) is 6.42. The summed E-state index contributed by atoms with van der Waals surface area (Å²) in [6, 6.07) is 10.2. The summed E-state index contributed by atoms with van der Waals surface area (Å²) >= 11 is 0. The lowest BCUT2D eigenvalue weighted by atomic mass is 9.99. The van der Waals surface area contributed by atoms with Crippen LogP contribution in [0, 0.1) is 17.8 Å². The standard InChI is InChI=1S/C17H22/c1-4-8-16(12-11-15(2)3)13-14-17-9-6-5-7-10-17/h5-7,9-11,16H,4,8,12H2,1-3H3. The Bertz CT molecular complexity index is 397. The molecular formula is C17H22. The molecule has 0 aliphatic carbocycles. The molecule has 0 aliphatic rings. The summed E-state index contributed by atoms with van der Waals surface area (Å²) in [4.78, 5) is 0. The summed E-state index contributed by atoms with van der Waals surface area (Å²) in [7, 11) is 0. The molecule has 0 saturated carbocycles. The van der Waals surface area contributed by atoms with E-state index < -0.39 is 0 Å². The first-order valence-electron chi connectivity index (χ1n) is 6.42. The Morgan fingerprint density at radius 3 is 2.53 bits per heavy atom. The fraction of sp³-hybridized carbons (Fsp3) is 0.412. The topological polar surface area (TPSA) is 0 Å². The normalized spacial score (nSPS) is 11.2. The van der Waals surface area contributed by atoms with E-state index in [4.69, 9.17) is 0 Å². The van der Waals surface area contributed by atoms with Gasteiger partial charge in [-0.1, -0.05) is 55.0 Å². The molecule has 0 saturated heterocycles. The molecule has 0 bridgehead atoms. The minimum atomic E-state index is 0.495. The van der Waals surface area contributed by atoms with E-state index in [-0.39, 0.29) is 0 Å². The van der Waals surface area contributed by atoms with Gasteiger partial charge in [0, 0.05) is 11.5 Å². The Morgan fingerprint density at radius 2 is 1.94 bits per heavy atom. The maximum atomic E-state index is 3.40. The van der Waals surface area contributed by atoms with E-state index in [1.54, 1.807) is 0 Å². The molecule has 0 spiro atoms. The van der Waals surface area contributed by atoms with Gasteiger partial charge in [0.2, 0.25) is 0 Å². The quantitative estimate of drug-likeness (QED) is 0.510. The van der Waals surface area contributed by atoms with Gasteiger partial charge in [-0.2, -0.15) is 0 Å². The zero-order chi connectivity index (χ0) is 12.5. The van der Waals surface area contributed by atoms with Gasteiger partial charge in [0.1, 0.15) is 0 Å². The van der Waals surface area contributed by atoms with Crippen molar-refractivity contribution in [2.75, 3.05) is 0 Å². The first kappa shape index (κ1) is 13.6. The van der Waals surface area contributed by atoms with Gasteiger partial charge in [0.25, 0.3) is 0 Å². The van der Waals surface area contributed by atoms with Crippen LogP contribution in [0.3, 0.4) is 0 Å². The number of allylic oxidation sites excluding steroid dienone is 2. The zero-order valence-corrected chi connectivity index (χ0v) is 11.2. The van der Waals surface area contributed by atoms with E-state index in [0.29, 0.717) is 5.92 Å². The lowest BCUT2D eigenvalue weighted by molar-refractivity contribution is 0.605. The third-order valence-electron chi connectivity index (χ3n) is 2.64. The molecule has 1 atom stereocenters. The molecule has 0 fully saturated rings. The monoisotopic (exact) mass is 226 g/mol. The Labute approximate surface area is 106 Å². The van der Waals surface area contributed by atoms with E-state index in [0.717, 1.165) is 12.0 Å². The molecule has 1 aromatic rings. The fourth-order valence-corrected chi connectivity index (χ4v) is 1.68. The fourth-order valence-electron chi connectivity index (χ4n) is 1.68. The van der Waals surface area contributed by atoms with Crippen LogP contribution in [0.2, 0.25) is 0 Å². The lowest BCUT2D eigenvalue weighted by Gasteiger charge is -2.05. The summed E-state index contributed by atoms with van der Waals surface area (Å²) in [6.45, 7) is 6.51. The van der Waals surface area contributed by atoms with Gasteiger partial charge in [0.15, 0.2) is 0 Å². The van der Waals surface area contributed by atoms with Crippen LogP contribution < -0.4 is 0 Å². The predicted molar refractivity (Wildman–Crippen MR) is 75.8 cm³/mol. The molecule has 0 nitrogen and oxygen atoms in total. The Balaban J connectivity index is 2.66. The predicted octanol–water partition coefficient (Wildman–Crippen LogP) is 4.81. The Morgan fingerprint density at radius 1 is 1.24 bits per heavy atom. The smallest absolute Gasteiger partial charge is 0.0245 e. The first-order chi connectivity index (χ1) is 8.22. The molecule has 0 amide bonds. The highest BCUT2D eigenvalue weighted by Crippen LogP contribution is 2.12. The zero-order valence-electron chi connectivity index (χ0n) is 11.2. The van der Waals surface area contributed by atoms with Gasteiger partial charge in [-0.3, -0.25) is 0 Å². The van der Waals surface area contributed by atoms with Crippen molar-refractivity contribution in [3.63, 3.8) is 0 Å². The second-order valence-corrected chi connectivity index (χ2v) is 4.64. The Hall–Kier alpha value is -1.48. The summed E-state index contributed by atoms with van der Waals surface area (Å²) < 4.78 is 0. The van der Waals surface area contributed by atoms with Crippen molar-refractivity contribution in [3.05, 3.63) is 47.5 Å². The maximum absolute atomic E-state index is 3.40. The van der Waals surface area contributed by atoms with Gasteiger partial charge in [-0.05, 0) is 38.8 Å². The SMILES string of the molecule is CCCC(C#Cc1ccccc1)CC=C(C)C. The Kier molecular flexibility index (Phi) is 6.18. The van der Waals surface area contributed by atoms with Crippen molar-refractivity contribution in [1.29, 1.82) is 0 Å². The number of hydrogen-bond donors (Lipinski definition) is 0. The van der Waals surface area contributed by atoms with Crippen LogP contribution in [0.25, 0.3) is 0 Å². The molecule has 1 unspecified atom stereocenters. The molecule has 0 radical (unpaired) electrons. The maximum Gasteiger partial charge on any atom is 0.0245 e.